The number of phenols is 2. The molecule has 2 bridgehead atoms. The number of unbranched alkanes of at least 4 members (excludes halogenated alkanes) is 1. The quantitative estimate of drug-likeness (QED) is 0.0555. The molecule has 0 spiro atoms. The number of hydrogen-bond acceptors (Lipinski definition) is 11. The molecule has 0 saturated carbocycles. The van der Waals surface area contributed by atoms with E-state index in [1.165, 1.54) is 31.2 Å². The molecule has 2 aliphatic heterocycles. The summed E-state index contributed by atoms with van der Waals surface area (Å²) in [5, 5.41) is 39.0. The van der Waals surface area contributed by atoms with E-state index in [2.05, 4.69) is 49.8 Å². The predicted octanol–water partition coefficient (Wildman–Crippen LogP) is 1.11. The monoisotopic (exact) mass is 874 g/mol. The van der Waals surface area contributed by atoms with Gasteiger partial charge in [0.2, 0.25) is 41.4 Å². The van der Waals surface area contributed by atoms with E-state index < -0.39 is 83.5 Å². The molecule has 0 saturated heterocycles. The zero-order valence-corrected chi connectivity index (χ0v) is 36.0. The standard InChI is InChI=1S/C44H58N8O9S/c1-4-25(2)38(52-43(60)37(24-62)46-26(3)53)44(61)51-36-21-27-8-14-30(15-9-27)47-40(57)34(22-28-10-16-31(54)17-11-28)50-42(59)35(23-29-12-18-32(55)19-13-29)49-39(56)33(48-41(36)58)7-5-6-20-45/h8-19,25,33-38,54-55,62H,4-7,20-24,45H2,1-3H3,(H,46,53)(H,47,57)(H,48,58)(H,49,56)(H,50,59)(H,51,61)(H,52,60)/t25-,33+,34+,35+,36-,37-,38-/m0/s1. The van der Waals surface area contributed by atoms with Crippen molar-refractivity contribution < 1.29 is 43.8 Å². The number of amides is 7. The van der Waals surface area contributed by atoms with Crippen LogP contribution < -0.4 is 43.0 Å². The SMILES string of the molecule is CC[C@H](C)[C@H](NC(=O)[C@H](CS)NC(C)=O)C(=O)N[C@H]1Cc2ccc(cc2)NC(=O)[C@@H](Cc2ccc(O)cc2)NC(=O)[C@@H](Cc2ccc(O)cc2)NC(=O)[C@@H](CCCCN)NC1=O. The van der Waals surface area contributed by atoms with Gasteiger partial charge in [0.05, 0.1) is 0 Å². The smallest absolute Gasteiger partial charge is 0.247 e. The molecule has 11 N–H and O–H groups in total. The molecule has 62 heavy (non-hydrogen) atoms. The summed E-state index contributed by atoms with van der Waals surface area (Å²) in [6, 6.07) is 11.7. The molecule has 2 heterocycles. The highest BCUT2D eigenvalue weighted by molar-refractivity contribution is 7.80. The summed E-state index contributed by atoms with van der Waals surface area (Å²) in [6.07, 6.45) is 1.40. The highest BCUT2D eigenvalue weighted by Crippen LogP contribution is 2.18. The van der Waals surface area contributed by atoms with Crippen molar-refractivity contribution in [1.82, 2.24) is 31.9 Å². The Morgan fingerprint density at radius 1 is 0.742 bits per heavy atom. The molecule has 5 rings (SSSR count). The van der Waals surface area contributed by atoms with Crippen LogP contribution in [0, 0.1) is 5.92 Å². The van der Waals surface area contributed by atoms with Crippen molar-refractivity contribution in [2.75, 3.05) is 17.6 Å². The summed E-state index contributed by atoms with van der Waals surface area (Å²) >= 11 is 4.18. The molecule has 7 amide bonds. The second-order valence-electron chi connectivity index (χ2n) is 15.5. The minimum Gasteiger partial charge on any atom is -0.508 e. The Labute approximate surface area is 366 Å². The molecule has 334 valence electrons. The molecule has 0 radical (unpaired) electrons. The van der Waals surface area contributed by atoms with E-state index in [-0.39, 0.29) is 42.9 Å². The first-order valence-electron chi connectivity index (χ1n) is 20.7. The van der Waals surface area contributed by atoms with Gasteiger partial charge in [-0.3, -0.25) is 33.6 Å². The van der Waals surface area contributed by atoms with E-state index >= 15 is 0 Å². The van der Waals surface area contributed by atoms with Crippen LogP contribution in [0.15, 0.2) is 72.8 Å². The van der Waals surface area contributed by atoms with Crippen molar-refractivity contribution in [3.63, 3.8) is 0 Å². The van der Waals surface area contributed by atoms with Crippen LogP contribution in [0.1, 0.15) is 63.1 Å². The summed E-state index contributed by atoms with van der Waals surface area (Å²) in [6.45, 7) is 5.15. The number of fused-ring (bicyclic) bond motifs is 14. The maximum Gasteiger partial charge on any atom is 0.247 e. The van der Waals surface area contributed by atoms with E-state index in [0.717, 1.165) is 0 Å². The van der Waals surface area contributed by atoms with Crippen LogP contribution in [0.2, 0.25) is 0 Å². The number of benzene rings is 3. The van der Waals surface area contributed by atoms with Gasteiger partial charge in [0.15, 0.2) is 0 Å². The Kier molecular flexibility index (Phi) is 18.6. The molecule has 7 atom stereocenters. The third-order valence-corrected chi connectivity index (χ3v) is 10.9. The van der Waals surface area contributed by atoms with E-state index in [4.69, 9.17) is 5.73 Å². The van der Waals surface area contributed by atoms with Gasteiger partial charge in [-0.2, -0.15) is 12.6 Å². The van der Waals surface area contributed by atoms with Crippen LogP contribution in [0.4, 0.5) is 5.69 Å². The van der Waals surface area contributed by atoms with Crippen molar-refractivity contribution in [1.29, 1.82) is 0 Å². The lowest BCUT2D eigenvalue weighted by Crippen LogP contribution is -2.61. The molecule has 0 aliphatic carbocycles. The highest BCUT2D eigenvalue weighted by Gasteiger charge is 2.35. The van der Waals surface area contributed by atoms with E-state index in [9.17, 15) is 43.8 Å². The number of nitrogens with one attached hydrogen (secondary N) is 7. The number of carbonyl (C=O) groups is 7. The lowest BCUT2D eigenvalue weighted by atomic mass is 9.96. The topological polar surface area (TPSA) is 270 Å². The molecule has 3 aromatic carbocycles. The first kappa shape index (κ1) is 48.5. The average Bonchev–Trinajstić information content (AvgIpc) is 3.24. The fourth-order valence-corrected chi connectivity index (χ4v) is 7.04. The first-order chi connectivity index (χ1) is 29.6. The third kappa shape index (κ3) is 14.8. The van der Waals surface area contributed by atoms with Crippen molar-refractivity contribution in [2.24, 2.45) is 11.7 Å². The van der Waals surface area contributed by atoms with Crippen molar-refractivity contribution in [3.05, 3.63) is 89.5 Å². The largest absolute Gasteiger partial charge is 0.508 e. The second-order valence-corrected chi connectivity index (χ2v) is 15.8. The molecular formula is C44H58N8O9S. The van der Waals surface area contributed by atoms with E-state index in [0.29, 0.717) is 48.2 Å². The maximum atomic E-state index is 14.4. The first-order valence-corrected chi connectivity index (χ1v) is 21.3. The van der Waals surface area contributed by atoms with Crippen LogP contribution >= 0.6 is 12.6 Å². The zero-order chi connectivity index (χ0) is 45.3. The van der Waals surface area contributed by atoms with Gasteiger partial charge in [0.25, 0.3) is 0 Å². The second kappa shape index (κ2) is 23.7. The van der Waals surface area contributed by atoms with Gasteiger partial charge >= 0.3 is 0 Å². The minimum absolute atomic E-state index is 0.0104. The molecule has 0 fully saturated rings. The van der Waals surface area contributed by atoms with Crippen LogP contribution in [-0.2, 0) is 52.8 Å². The number of nitrogens with two attached hydrogens (primary N) is 1. The van der Waals surface area contributed by atoms with Crippen LogP contribution in [0.25, 0.3) is 0 Å². The Morgan fingerprint density at radius 3 is 1.79 bits per heavy atom. The fraction of sp³-hybridized carbons (Fsp3) is 0.432. The number of rotatable bonds is 16. The van der Waals surface area contributed by atoms with Crippen molar-refractivity contribution in [2.45, 2.75) is 102 Å². The van der Waals surface area contributed by atoms with Gasteiger partial charge < -0.3 is 53.2 Å². The predicted molar refractivity (Wildman–Crippen MR) is 236 cm³/mol. The Hall–Kier alpha value is -6.14. The molecular weight excluding hydrogens is 817 g/mol. The molecule has 3 aromatic rings. The highest BCUT2D eigenvalue weighted by atomic mass is 32.1. The summed E-state index contributed by atoms with van der Waals surface area (Å²) in [4.78, 5) is 95.9. The normalized spacial score (nSPS) is 20.0. The van der Waals surface area contributed by atoms with Crippen LogP contribution in [-0.4, -0.2) is 100 Å². The Morgan fingerprint density at radius 2 is 1.27 bits per heavy atom. The summed E-state index contributed by atoms with van der Waals surface area (Å²) in [5.74, 6) is -4.94. The van der Waals surface area contributed by atoms with Gasteiger partial charge in [0.1, 0.15) is 47.8 Å². The number of thiol groups is 1. The van der Waals surface area contributed by atoms with E-state index in [1.54, 1.807) is 55.5 Å². The summed E-state index contributed by atoms with van der Waals surface area (Å²) < 4.78 is 0. The fourth-order valence-electron chi connectivity index (χ4n) is 6.79. The number of hydrogen-bond donors (Lipinski definition) is 11. The number of anilines is 1. The van der Waals surface area contributed by atoms with E-state index in [1.807, 2.05) is 6.92 Å². The van der Waals surface area contributed by atoms with Crippen molar-refractivity contribution in [3.8, 4) is 11.5 Å². The van der Waals surface area contributed by atoms with Gasteiger partial charge in [-0.25, -0.2) is 0 Å². The lowest BCUT2D eigenvalue weighted by molar-refractivity contribution is -0.135. The van der Waals surface area contributed by atoms with Gasteiger partial charge in [0, 0.05) is 37.6 Å². The van der Waals surface area contributed by atoms with Gasteiger partial charge in [-0.05, 0) is 84.8 Å². The molecule has 18 heteroatoms. The molecule has 2 aliphatic rings. The summed E-state index contributed by atoms with van der Waals surface area (Å²) in [7, 11) is 0. The zero-order valence-electron chi connectivity index (χ0n) is 35.1. The van der Waals surface area contributed by atoms with Crippen LogP contribution in [0.5, 0.6) is 11.5 Å². The average molecular weight is 875 g/mol. The molecule has 17 nitrogen and oxygen atoms in total. The van der Waals surface area contributed by atoms with Crippen LogP contribution in [0.3, 0.4) is 0 Å². The summed E-state index contributed by atoms with van der Waals surface area (Å²) in [5.41, 5.74) is 7.92. The molecule has 0 unspecified atom stereocenters. The Balaban J connectivity index is 1.75. The number of carbonyl (C=O) groups excluding carboxylic acids is 7. The Bertz CT molecular complexity index is 2020. The van der Waals surface area contributed by atoms with Gasteiger partial charge in [-0.1, -0.05) is 56.7 Å². The lowest BCUT2D eigenvalue weighted by Gasteiger charge is -2.29. The molecule has 0 aromatic heterocycles. The number of aromatic hydroxyl groups is 2. The maximum absolute atomic E-state index is 14.4. The van der Waals surface area contributed by atoms with Crippen molar-refractivity contribution >= 4 is 59.7 Å². The third-order valence-electron chi connectivity index (χ3n) is 10.6. The number of phenolic OH excluding ortho intramolecular Hbond substituents is 2. The minimum atomic E-state index is -1.28. The van der Waals surface area contributed by atoms with Gasteiger partial charge in [-0.15, -0.1) is 0 Å².